The highest BCUT2D eigenvalue weighted by Gasteiger charge is 2.61. The Hall–Kier alpha value is -1.69. The Morgan fingerprint density at radius 3 is 2.38 bits per heavy atom. The van der Waals surface area contributed by atoms with Gasteiger partial charge in [-0.3, -0.25) is 14.4 Å². The highest BCUT2D eigenvalue weighted by molar-refractivity contribution is 7.17. The molecule has 2 saturated carbocycles. The van der Waals surface area contributed by atoms with Gasteiger partial charge in [0.15, 0.2) is 0 Å². The molecule has 5 rings (SSSR count). The summed E-state index contributed by atoms with van der Waals surface area (Å²) < 4.78 is 0. The van der Waals surface area contributed by atoms with Crippen LogP contribution >= 0.6 is 11.3 Å². The molecule has 0 spiro atoms. The normalized spacial score (nSPS) is 35.1. The highest BCUT2D eigenvalue weighted by atomic mass is 32.1. The van der Waals surface area contributed by atoms with Crippen LogP contribution in [0.4, 0.5) is 5.00 Å². The molecule has 26 heavy (non-hydrogen) atoms. The SMILES string of the molecule is CC[C@H]1CCc2c(sc(N3C(=O)[C@@H]4[C@H]5CC[C@H](C5)[C@@H]4C3=O)c2C(N)=O)C1. The predicted molar refractivity (Wildman–Crippen MR) is 98.9 cm³/mol. The van der Waals surface area contributed by atoms with E-state index in [4.69, 9.17) is 5.73 Å². The zero-order chi connectivity index (χ0) is 18.2. The molecule has 2 N–H and O–H groups in total. The average molecular weight is 372 g/mol. The summed E-state index contributed by atoms with van der Waals surface area (Å²) in [5.41, 5.74) is 7.14. The van der Waals surface area contributed by atoms with Crippen LogP contribution in [0.3, 0.4) is 0 Å². The van der Waals surface area contributed by atoms with Crippen molar-refractivity contribution in [3.8, 4) is 0 Å². The van der Waals surface area contributed by atoms with Crippen molar-refractivity contribution in [2.45, 2.75) is 51.9 Å². The molecule has 3 fully saturated rings. The summed E-state index contributed by atoms with van der Waals surface area (Å²) in [6.07, 6.45) is 7.01. The van der Waals surface area contributed by atoms with Gasteiger partial charge >= 0.3 is 0 Å². The molecule has 5 atom stereocenters. The van der Waals surface area contributed by atoms with Crippen LogP contribution in [0.15, 0.2) is 0 Å². The van der Waals surface area contributed by atoms with Crippen LogP contribution in [0.25, 0.3) is 0 Å². The first-order valence-corrected chi connectivity index (χ1v) is 10.6. The predicted octanol–water partition coefficient (Wildman–Crippen LogP) is 2.90. The molecule has 2 bridgehead atoms. The first-order chi connectivity index (χ1) is 12.5. The number of thiophene rings is 1. The molecule has 138 valence electrons. The summed E-state index contributed by atoms with van der Waals surface area (Å²) in [4.78, 5) is 41.1. The van der Waals surface area contributed by atoms with Crippen molar-refractivity contribution in [2.24, 2.45) is 35.3 Å². The van der Waals surface area contributed by atoms with E-state index < -0.39 is 5.91 Å². The molecule has 0 aromatic carbocycles. The maximum absolute atomic E-state index is 13.2. The van der Waals surface area contributed by atoms with Crippen LogP contribution in [0.1, 0.15) is 59.8 Å². The lowest BCUT2D eigenvalue weighted by Crippen LogP contribution is -2.33. The standard InChI is InChI=1S/C20H24N2O3S/c1-2-9-3-6-12-13(7-9)26-20(16(12)17(21)23)22-18(24)14-10-4-5-11(8-10)15(14)19(22)25/h9-11,14-15H,2-8H2,1H3,(H2,21,23)/t9-,10-,11+,14+,15-/m0/s1. The first kappa shape index (κ1) is 16.5. The molecule has 1 aromatic heterocycles. The second kappa shape index (κ2) is 5.65. The van der Waals surface area contributed by atoms with E-state index in [0.717, 1.165) is 55.4 Å². The largest absolute Gasteiger partial charge is 0.365 e. The van der Waals surface area contributed by atoms with E-state index in [1.165, 1.54) is 16.2 Å². The molecule has 3 aliphatic carbocycles. The smallest absolute Gasteiger partial charge is 0.252 e. The summed E-state index contributed by atoms with van der Waals surface area (Å²) in [5.74, 6) is 0.308. The van der Waals surface area contributed by atoms with Gasteiger partial charge in [0, 0.05) is 4.88 Å². The molecule has 2 heterocycles. The number of hydrogen-bond donors (Lipinski definition) is 1. The second-order valence-electron chi connectivity index (χ2n) is 8.46. The van der Waals surface area contributed by atoms with Gasteiger partial charge < -0.3 is 5.73 Å². The van der Waals surface area contributed by atoms with Crippen molar-refractivity contribution >= 4 is 34.1 Å². The third kappa shape index (κ3) is 2.05. The van der Waals surface area contributed by atoms with Gasteiger partial charge in [-0.05, 0) is 61.8 Å². The van der Waals surface area contributed by atoms with Crippen LogP contribution in [0, 0.1) is 29.6 Å². The third-order valence-corrected chi connectivity index (χ3v) is 8.54. The van der Waals surface area contributed by atoms with E-state index in [0.29, 0.717) is 28.3 Å². The first-order valence-electron chi connectivity index (χ1n) is 9.83. The maximum atomic E-state index is 13.2. The quantitative estimate of drug-likeness (QED) is 0.829. The van der Waals surface area contributed by atoms with E-state index >= 15 is 0 Å². The number of fused-ring (bicyclic) bond motifs is 6. The van der Waals surface area contributed by atoms with Crippen molar-refractivity contribution < 1.29 is 14.4 Å². The molecule has 1 saturated heterocycles. The molecule has 6 heteroatoms. The fraction of sp³-hybridized carbons (Fsp3) is 0.650. The van der Waals surface area contributed by atoms with Crippen LogP contribution in [0.5, 0.6) is 0 Å². The van der Waals surface area contributed by atoms with Crippen molar-refractivity contribution in [2.75, 3.05) is 4.90 Å². The molecule has 5 nitrogen and oxygen atoms in total. The molecule has 0 unspecified atom stereocenters. The van der Waals surface area contributed by atoms with Crippen LogP contribution in [-0.2, 0) is 22.4 Å². The number of imide groups is 1. The summed E-state index contributed by atoms with van der Waals surface area (Å²) in [7, 11) is 0. The molecule has 1 aromatic rings. The zero-order valence-corrected chi connectivity index (χ0v) is 15.8. The topological polar surface area (TPSA) is 80.5 Å². The minimum Gasteiger partial charge on any atom is -0.365 e. The Balaban J connectivity index is 1.58. The number of rotatable bonds is 3. The Morgan fingerprint density at radius 2 is 1.81 bits per heavy atom. The van der Waals surface area contributed by atoms with Crippen molar-refractivity contribution in [1.82, 2.24) is 0 Å². The number of hydrogen-bond acceptors (Lipinski definition) is 4. The summed E-state index contributed by atoms with van der Waals surface area (Å²) in [5, 5.41) is 0.517. The van der Waals surface area contributed by atoms with Crippen molar-refractivity contribution in [1.29, 1.82) is 0 Å². The summed E-state index contributed by atoms with van der Waals surface area (Å²) >= 11 is 1.46. The van der Waals surface area contributed by atoms with E-state index in [2.05, 4.69) is 6.92 Å². The minimum absolute atomic E-state index is 0.0830. The average Bonchev–Trinajstić information content (AvgIpc) is 3.35. The molecular weight excluding hydrogens is 348 g/mol. The van der Waals surface area contributed by atoms with E-state index in [9.17, 15) is 14.4 Å². The number of nitrogens with zero attached hydrogens (tertiary/aromatic N) is 1. The van der Waals surface area contributed by atoms with E-state index in [1.807, 2.05) is 0 Å². The Bertz CT molecular complexity index is 801. The van der Waals surface area contributed by atoms with Crippen molar-refractivity contribution in [3.05, 3.63) is 16.0 Å². The monoisotopic (exact) mass is 372 g/mol. The Morgan fingerprint density at radius 1 is 1.15 bits per heavy atom. The molecule has 4 aliphatic rings. The maximum Gasteiger partial charge on any atom is 0.252 e. The number of nitrogens with two attached hydrogens (primary N) is 1. The van der Waals surface area contributed by atoms with Gasteiger partial charge in [-0.2, -0.15) is 0 Å². The van der Waals surface area contributed by atoms with Gasteiger partial charge in [0.1, 0.15) is 5.00 Å². The molecule has 0 radical (unpaired) electrons. The van der Waals surface area contributed by atoms with Crippen LogP contribution < -0.4 is 10.6 Å². The summed E-state index contributed by atoms with van der Waals surface area (Å²) in [6.45, 7) is 2.18. The zero-order valence-electron chi connectivity index (χ0n) is 15.0. The lowest BCUT2D eigenvalue weighted by atomic mass is 9.81. The number of carbonyl (C=O) groups is 3. The number of carbonyl (C=O) groups excluding carboxylic acids is 3. The molecule has 1 aliphatic heterocycles. The molecule has 3 amide bonds. The fourth-order valence-electron chi connectivity index (χ4n) is 6.01. The van der Waals surface area contributed by atoms with E-state index in [-0.39, 0.29) is 23.7 Å². The number of primary amides is 1. The molecular formula is C20H24N2O3S. The third-order valence-electron chi connectivity index (χ3n) is 7.30. The van der Waals surface area contributed by atoms with Gasteiger partial charge in [-0.15, -0.1) is 11.3 Å². The van der Waals surface area contributed by atoms with Gasteiger partial charge in [-0.25, -0.2) is 4.90 Å². The number of anilines is 1. The van der Waals surface area contributed by atoms with Crippen LogP contribution in [0.2, 0.25) is 0 Å². The second-order valence-corrected chi connectivity index (χ2v) is 9.55. The Kier molecular flexibility index (Phi) is 3.58. The minimum atomic E-state index is -0.506. The lowest BCUT2D eigenvalue weighted by Gasteiger charge is -2.20. The lowest BCUT2D eigenvalue weighted by molar-refractivity contribution is -0.123. The van der Waals surface area contributed by atoms with Gasteiger partial charge in [-0.1, -0.05) is 13.3 Å². The van der Waals surface area contributed by atoms with Crippen LogP contribution in [-0.4, -0.2) is 17.7 Å². The fourth-order valence-corrected chi connectivity index (χ4v) is 7.49. The van der Waals surface area contributed by atoms with Gasteiger partial charge in [0.05, 0.1) is 17.4 Å². The van der Waals surface area contributed by atoms with Crippen molar-refractivity contribution in [3.63, 3.8) is 0 Å². The number of amides is 3. The van der Waals surface area contributed by atoms with E-state index in [1.54, 1.807) is 0 Å². The highest BCUT2D eigenvalue weighted by Crippen LogP contribution is 2.57. The Labute approximate surface area is 156 Å². The van der Waals surface area contributed by atoms with Gasteiger partial charge in [0.25, 0.3) is 5.91 Å². The summed E-state index contributed by atoms with van der Waals surface area (Å²) in [6, 6.07) is 0. The van der Waals surface area contributed by atoms with Gasteiger partial charge in [0.2, 0.25) is 11.8 Å².